The molecule has 21 heavy (non-hydrogen) atoms. The molecule has 0 spiro atoms. The standard InChI is InChI=1S/C14H18F4N2O/c1-21-10-2-3-11(12(15)8-10)13(9-14(16,17)18)20-6-4-19-5-7-20/h2-3,8,13,19H,4-7,9H2,1H3/t13-/m1/s1. The first-order valence-corrected chi connectivity index (χ1v) is 6.75. The van der Waals surface area contributed by atoms with Gasteiger partial charge in [-0.2, -0.15) is 13.2 Å². The van der Waals surface area contributed by atoms with Crippen molar-refractivity contribution >= 4 is 0 Å². The molecule has 0 saturated carbocycles. The van der Waals surface area contributed by atoms with Crippen LogP contribution in [0.15, 0.2) is 18.2 Å². The van der Waals surface area contributed by atoms with Crippen LogP contribution < -0.4 is 10.1 Å². The minimum Gasteiger partial charge on any atom is -0.497 e. The Bertz CT molecular complexity index is 473. The van der Waals surface area contributed by atoms with E-state index in [1.54, 1.807) is 4.90 Å². The maximum atomic E-state index is 14.1. The highest BCUT2D eigenvalue weighted by molar-refractivity contribution is 5.31. The van der Waals surface area contributed by atoms with Gasteiger partial charge in [0, 0.05) is 43.9 Å². The topological polar surface area (TPSA) is 24.5 Å². The highest BCUT2D eigenvalue weighted by Gasteiger charge is 2.37. The number of hydrogen-bond acceptors (Lipinski definition) is 3. The first-order valence-electron chi connectivity index (χ1n) is 6.75. The van der Waals surface area contributed by atoms with Crippen molar-refractivity contribution in [3.8, 4) is 5.75 Å². The Morgan fingerprint density at radius 2 is 1.95 bits per heavy atom. The summed E-state index contributed by atoms with van der Waals surface area (Å²) in [6.45, 7) is 2.14. The molecular formula is C14H18F4N2O. The molecule has 2 rings (SSSR count). The normalized spacial score (nSPS) is 18.5. The predicted molar refractivity (Wildman–Crippen MR) is 70.8 cm³/mol. The van der Waals surface area contributed by atoms with Gasteiger partial charge in [0.2, 0.25) is 0 Å². The summed E-state index contributed by atoms with van der Waals surface area (Å²) >= 11 is 0. The molecule has 1 N–H and O–H groups in total. The van der Waals surface area contributed by atoms with Gasteiger partial charge in [0.1, 0.15) is 11.6 Å². The molecule has 0 bridgehead atoms. The van der Waals surface area contributed by atoms with Crippen LogP contribution >= 0.6 is 0 Å². The van der Waals surface area contributed by atoms with E-state index in [1.165, 1.54) is 19.2 Å². The number of halogens is 4. The summed E-state index contributed by atoms with van der Waals surface area (Å²) in [5.41, 5.74) is 0.0648. The molecule has 1 heterocycles. The number of nitrogens with zero attached hydrogens (tertiary/aromatic N) is 1. The van der Waals surface area contributed by atoms with E-state index < -0.39 is 24.5 Å². The highest BCUT2D eigenvalue weighted by Crippen LogP contribution is 2.35. The van der Waals surface area contributed by atoms with Crippen LogP contribution in [0.25, 0.3) is 0 Å². The van der Waals surface area contributed by atoms with Crippen LogP contribution in [0.1, 0.15) is 18.0 Å². The fourth-order valence-corrected chi connectivity index (χ4v) is 2.55. The summed E-state index contributed by atoms with van der Waals surface area (Å²) in [7, 11) is 1.39. The summed E-state index contributed by atoms with van der Waals surface area (Å²) in [4.78, 5) is 1.68. The minimum absolute atomic E-state index is 0.0648. The van der Waals surface area contributed by atoms with Crippen molar-refractivity contribution in [2.45, 2.75) is 18.6 Å². The Labute approximate surface area is 120 Å². The second kappa shape index (κ2) is 6.62. The molecule has 0 aromatic heterocycles. The summed E-state index contributed by atoms with van der Waals surface area (Å²) in [6, 6.07) is 3.00. The summed E-state index contributed by atoms with van der Waals surface area (Å²) in [6.07, 6.45) is -5.40. The largest absolute Gasteiger partial charge is 0.497 e. The third-order valence-electron chi connectivity index (χ3n) is 3.58. The zero-order valence-electron chi connectivity index (χ0n) is 11.7. The van der Waals surface area contributed by atoms with Crippen molar-refractivity contribution in [3.05, 3.63) is 29.6 Å². The lowest BCUT2D eigenvalue weighted by Gasteiger charge is -2.35. The molecular weight excluding hydrogens is 288 g/mol. The van der Waals surface area contributed by atoms with Crippen molar-refractivity contribution in [1.82, 2.24) is 10.2 Å². The zero-order chi connectivity index (χ0) is 15.5. The van der Waals surface area contributed by atoms with Crippen molar-refractivity contribution < 1.29 is 22.3 Å². The Morgan fingerprint density at radius 1 is 1.29 bits per heavy atom. The highest BCUT2D eigenvalue weighted by atomic mass is 19.4. The lowest BCUT2D eigenvalue weighted by atomic mass is 10.00. The molecule has 0 radical (unpaired) electrons. The van der Waals surface area contributed by atoms with Crippen molar-refractivity contribution in [3.63, 3.8) is 0 Å². The predicted octanol–water partition coefficient (Wildman–Crippen LogP) is 2.73. The number of rotatable bonds is 4. The fraction of sp³-hybridized carbons (Fsp3) is 0.571. The van der Waals surface area contributed by atoms with Gasteiger partial charge in [-0.05, 0) is 6.07 Å². The first kappa shape index (κ1) is 16.0. The van der Waals surface area contributed by atoms with Gasteiger partial charge in [-0.1, -0.05) is 6.07 Å². The Hall–Kier alpha value is -1.34. The van der Waals surface area contributed by atoms with Gasteiger partial charge in [-0.15, -0.1) is 0 Å². The second-order valence-corrected chi connectivity index (χ2v) is 5.01. The molecule has 1 atom stereocenters. The van der Waals surface area contributed by atoms with Gasteiger partial charge in [-0.25, -0.2) is 4.39 Å². The molecule has 3 nitrogen and oxygen atoms in total. The number of nitrogens with one attached hydrogen (secondary N) is 1. The minimum atomic E-state index is -4.35. The van der Waals surface area contributed by atoms with Gasteiger partial charge >= 0.3 is 6.18 Å². The maximum absolute atomic E-state index is 14.1. The molecule has 118 valence electrons. The number of ether oxygens (including phenoxy) is 1. The van der Waals surface area contributed by atoms with Crippen LogP contribution in [-0.2, 0) is 0 Å². The van der Waals surface area contributed by atoms with Crippen molar-refractivity contribution in [1.29, 1.82) is 0 Å². The molecule has 0 unspecified atom stereocenters. The first-order chi connectivity index (χ1) is 9.90. The van der Waals surface area contributed by atoms with E-state index in [4.69, 9.17) is 4.74 Å². The number of methoxy groups -OCH3 is 1. The average Bonchev–Trinajstić information content (AvgIpc) is 2.45. The molecule has 0 aliphatic carbocycles. The zero-order valence-corrected chi connectivity index (χ0v) is 11.7. The Kier molecular flexibility index (Phi) is 5.05. The van der Waals surface area contributed by atoms with E-state index >= 15 is 0 Å². The quantitative estimate of drug-likeness (QED) is 0.866. The van der Waals surface area contributed by atoms with Crippen LogP contribution in [0.2, 0.25) is 0 Å². The SMILES string of the molecule is COc1ccc([C@@H](CC(F)(F)F)N2CCNCC2)c(F)c1. The fourth-order valence-electron chi connectivity index (χ4n) is 2.55. The van der Waals surface area contributed by atoms with Crippen LogP contribution in [0.5, 0.6) is 5.75 Å². The molecule has 0 amide bonds. The third-order valence-corrected chi connectivity index (χ3v) is 3.58. The smallest absolute Gasteiger partial charge is 0.390 e. The Morgan fingerprint density at radius 3 is 2.48 bits per heavy atom. The van der Waals surface area contributed by atoms with Gasteiger partial charge < -0.3 is 10.1 Å². The van der Waals surface area contributed by atoms with Crippen LogP contribution in [0, 0.1) is 5.82 Å². The number of benzene rings is 1. The molecule has 7 heteroatoms. The lowest BCUT2D eigenvalue weighted by molar-refractivity contribution is -0.149. The van der Waals surface area contributed by atoms with E-state index in [-0.39, 0.29) is 5.56 Å². The number of piperazine rings is 1. The molecule has 1 aromatic rings. The van der Waals surface area contributed by atoms with E-state index in [0.29, 0.717) is 31.9 Å². The average molecular weight is 306 g/mol. The van der Waals surface area contributed by atoms with E-state index in [2.05, 4.69) is 5.32 Å². The van der Waals surface area contributed by atoms with Crippen LogP contribution in [0.3, 0.4) is 0 Å². The van der Waals surface area contributed by atoms with Gasteiger partial charge in [0.15, 0.2) is 0 Å². The van der Waals surface area contributed by atoms with Crippen LogP contribution in [-0.4, -0.2) is 44.4 Å². The molecule has 1 aliphatic heterocycles. The summed E-state index contributed by atoms with van der Waals surface area (Å²) in [5, 5.41) is 3.08. The van der Waals surface area contributed by atoms with Crippen LogP contribution in [0.4, 0.5) is 17.6 Å². The lowest BCUT2D eigenvalue weighted by Crippen LogP contribution is -2.46. The molecule has 1 saturated heterocycles. The van der Waals surface area contributed by atoms with E-state index in [1.807, 2.05) is 0 Å². The van der Waals surface area contributed by atoms with E-state index in [9.17, 15) is 17.6 Å². The van der Waals surface area contributed by atoms with Gasteiger partial charge in [0.25, 0.3) is 0 Å². The maximum Gasteiger partial charge on any atom is 0.390 e. The molecule has 1 aromatic carbocycles. The van der Waals surface area contributed by atoms with Crippen molar-refractivity contribution in [2.75, 3.05) is 33.3 Å². The number of hydrogen-bond donors (Lipinski definition) is 1. The second-order valence-electron chi connectivity index (χ2n) is 5.01. The summed E-state index contributed by atoms with van der Waals surface area (Å²) < 4.78 is 57.5. The van der Waals surface area contributed by atoms with Crippen molar-refractivity contribution in [2.24, 2.45) is 0 Å². The number of alkyl halides is 3. The molecule has 1 aliphatic rings. The monoisotopic (exact) mass is 306 g/mol. The van der Waals surface area contributed by atoms with Gasteiger partial charge in [0.05, 0.1) is 13.5 Å². The van der Waals surface area contributed by atoms with E-state index in [0.717, 1.165) is 6.07 Å². The third kappa shape index (κ3) is 4.31. The summed E-state index contributed by atoms with van der Waals surface area (Å²) in [5.74, 6) is -0.371. The van der Waals surface area contributed by atoms with Gasteiger partial charge in [-0.3, -0.25) is 4.90 Å². The molecule has 1 fully saturated rings. The Balaban J connectivity index is 2.29.